The molecule has 2 aromatic carbocycles. The number of aromatic nitrogens is 1. The topological polar surface area (TPSA) is 106 Å². The number of aliphatic carboxylic acids is 1. The summed E-state index contributed by atoms with van der Waals surface area (Å²) in [5.74, 6) is -1.37. The molecule has 144 valence electrons. The van der Waals surface area contributed by atoms with Gasteiger partial charge in [0.25, 0.3) is 0 Å². The lowest BCUT2D eigenvalue weighted by Crippen LogP contribution is -2.05. The van der Waals surface area contributed by atoms with Crippen molar-refractivity contribution in [2.24, 2.45) is 0 Å². The molecule has 0 radical (unpaired) electrons. The van der Waals surface area contributed by atoms with Crippen molar-refractivity contribution in [3.8, 4) is 11.5 Å². The molecule has 0 aliphatic rings. The molecule has 0 fully saturated rings. The van der Waals surface area contributed by atoms with Gasteiger partial charge in [0.15, 0.2) is 0 Å². The molecule has 0 atom stereocenters. The van der Waals surface area contributed by atoms with Crippen LogP contribution >= 0.6 is 0 Å². The first kappa shape index (κ1) is 19.2. The van der Waals surface area contributed by atoms with E-state index in [1.165, 1.54) is 12.1 Å². The lowest BCUT2D eigenvalue weighted by Gasteiger charge is -2.11. The molecule has 3 rings (SSSR count). The van der Waals surface area contributed by atoms with E-state index in [0.29, 0.717) is 23.6 Å². The van der Waals surface area contributed by atoms with Crippen LogP contribution in [0.4, 0.5) is 0 Å². The van der Waals surface area contributed by atoms with Gasteiger partial charge < -0.3 is 19.7 Å². The van der Waals surface area contributed by atoms with Crippen molar-refractivity contribution in [1.29, 1.82) is 0 Å². The number of para-hydroxylation sites is 1. The number of pyridine rings is 1. The van der Waals surface area contributed by atoms with Crippen LogP contribution in [0.25, 0.3) is 10.9 Å². The number of rotatable bonds is 9. The maximum Gasteiger partial charge on any atom is 0.335 e. The van der Waals surface area contributed by atoms with Crippen molar-refractivity contribution in [3.63, 3.8) is 0 Å². The van der Waals surface area contributed by atoms with Crippen LogP contribution in [0, 0.1) is 0 Å². The standard InChI is InChI=1S/C21H19NO6/c23-20(24)6-3-9-27-17-10-15(21(25)26)11-18(12-17)28-13-16-8-7-14-4-1-2-5-19(14)22-16/h1-2,4-5,7-8,10-12H,3,6,9,13H2,(H,23,24)(H,25,26). The van der Waals surface area contributed by atoms with Crippen LogP contribution in [-0.2, 0) is 11.4 Å². The molecule has 1 aromatic heterocycles. The number of benzene rings is 2. The van der Waals surface area contributed by atoms with E-state index >= 15 is 0 Å². The average Bonchev–Trinajstić information content (AvgIpc) is 2.69. The van der Waals surface area contributed by atoms with Crippen LogP contribution < -0.4 is 9.47 Å². The summed E-state index contributed by atoms with van der Waals surface area (Å²) in [6.07, 6.45) is 0.305. The monoisotopic (exact) mass is 381 g/mol. The zero-order valence-electron chi connectivity index (χ0n) is 15.0. The summed E-state index contributed by atoms with van der Waals surface area (Å²) in [6.45, 7) is 0.341. The Morgan fingerprint density at radius 3 is 2.43 bits per heavy atom. The van der Waals surface area contributed by atoms with Gasteiger partial charge in [0, 0.05) is 17.9 Å². The molecule has 7 heteroatoms. The Labute approximate surface area is 161 Å². The molecule has 0 unspecified atom stereocenters. The summed E-state index contributed by atoms with van der Waals surface area (Å²) in [4.78, 5) is 26.4. The summed E-state index contributed by atoms with van der Waals surface area (Å²) in [6, 6.07) is 15.9. The quantitative estimate of drug-likeness (QED) is 0.544. The van der Waals surface area contributed by atoms with Gasteiger partial charge in [-0.1, -0.05) is 24.3 Å². The van der Waals surface area contributed by atoms with E-state index in [4.69, 9.17) is 14.6 Å². The number of hydrogen-bond donors (Lipinski definition) is 2. The van der Waals surface area contributed by atoms with E-state index in [1.807, 2.05) is 36.4 Å². The van der Waals surface area contributed by atoms with Gasteiger partial charge in [-0.3, -0.25) is 4.79 Å². The Balaban J connectivity index is 1.70. The third kappa shape index (κ3) is 5.20. The van der Waals surface area contributed by atoms with Gasteiger partial charge >= 0.3 is 11.9 Å². The van der Waals surface area contributed by atoms with Crippen LogP contribution in [0.3, 0.4) is 0 Å². The first-order valence-electron chi connectivity index (χ1n) is 8.72. The molecule has 0 amide bonds. The average molecular weight is 381 g/mol. The maximum absolute atomic E-state index is 11.3. The summed E-state index contributed by atoms with van der Waals surface area (Å²) in [5.41, 5.74) is 1.59. The second-order valence-electron chi connectivity index (χ2n) is 6.13. The highest BCUT2D eigenvalue weighted by atomic mass is 16.5. The number of ether oxygens (including phenoxy) is 2. The fourth-order valence-corrected chi connectivity index (χ4v) is 2.62. The Hall–Kier alpha value is -3.61. The first-order chi connectivity index (χ1) is 13.5. The number of nitrogens with zero attached hydrogens (tertiary/aromatic N) is 1. The van der Waals surface area contributed by atoms with Gasteiger partial charge in [0.1, 0.15) is 18.1 Å². The van der Waals surface area contributed by atoms with Crippen molar-refractivity contribution in [2.45, 2.75) is 19.4 Å². The highest BCUT2D eigenvalue weighted by Crippen LogP contribution is 2.24. The molecule has 0 spiro atoms. The zero-order chi connectivity index (χ0) is 19.9. The highest BCUT2D eigenvalue weighted by molar-refractivity contribution is 5.88. The minimum atomic E-state index is -1.11. The minimum absolute atomic E-state index is 0.0182. The van der Waals surface area contributed by atoms with Gasteiger partial charge in [-0.2, -0.15) is 0 Å². The Kier molecular flexibility index (Phi) is 6.06. The molecular weight excluding hydrogens is 362 g/mol. The van der Waals surface area contributed by atoms with E-state index in [9.17, 15) is 14.7 Å². The normalized spacial score (nSPS) is 10.6. The number of carboxylic acids is 2. The van der Waals surface area contributed by atoms with Crippen molar-refractivity contribution >= 4 is 22.8 Å². The molecule has 0 bridgehead atoms. The lowest BCUT2D eigenvalue weighted by molar-refractivity contribution is -0.137. The Bertz CT molecular complexity index is 1000. The SMILES string of the molecule is O=C(O)CCCOc1cc(OCc2ccc3ccccc3n2)cc(C(=O)O)c1. The summed E-state index contributed by atoms with van der Waals surface area (Å²) >= 11 is 0. The van der Waals surface area contributed by atoms with Crippen LogP contribution in [0.1, 0.15) is 28.9 Å². The van der Waals surface area contributed by atoms with Gasteiger partial charge in [0.2, 0.25) is 0 Å². The molecule has 28 heavy (non-hydrogen) atoms. The number of aromatic carboxylic acids is 1. The van der Waals surface area contributed by atoms with Gasteiger partial charge in [-0.15, -0.1) is 0 Å². The molecule has 3 aromatic rings. The highest BCUT2D eigenvalue weighted by Gasteiger charge is 2.10. The van der Waals surface area contributed by atoms with E-state index in [0.717, 1.165) is 10.9 Å². The van der Waals surface area contributed by atoms with Gasteiger partial charge in [-0.25, -0.2) is 9.78 Å². The largest absolute Gasteiger partial charge is 0.493 e. The summed E-state index contributed by atoms with van der Waals surface area (Å²) in [5, 5.41) is 19.0. The fraction of sp³-hybridized carbons (Fsp3) is 0.190. The van der Waals surface area contributed by atoms with Crippen molar-refractivity contribution in [1.82, 2.24) is 4.98 Å². The second-order valence-corrected chi connectivity index (χ2v) is 6.13. The van der Waals surface area contributed by atoms with Crippen molar-refractivity contribution in [3.05, 3.63) is 65.9 Å². The Morgan fingerprint density at radius 1 is 0.929 bits per heavy atom. The number of carboxylic acid groups (broad SMARTS) is 2. The molecular formula is C21H19NO6. The van der Waals surface area contributed by atoms with Gasteiger partial charge in [-0.05, 0) is 30.7 Å². The van der Waals surface area contributed by atoms with Crippen molar-refractivity contribution in [2.75, 3.05) is 6.61 Å². The van der Waals surface area contributed by atoms with Crippen molar-refractivity contribution < 1.29 is 29.3 Å². The molecule has 0 aliphatic heterocycles. The molecule has 2 N–H and O–H groups in total. The Morgan fingerprint density at radius 2 is 1.68 bits per heavy atom. The van der Waals surface area contributed by atoms with Crippen LogP contribution in [0.15, 0.2) is 54.6 Å². The maximum atomic E-state index is 11.3. The van der Waals surface area contributed by atoms with Crippen LogP contribution in [0.2, 0.25) is 0 Å². The predicted molar refractivity (Wildman–Crippen MR) is 102 cm³/mol. The van der Waals surface area contributed by atoms with Gasteiger partial charge in [0.05, 0.1) is 23.4 Å². The number of fused-ring (bicyclic) bond motifs is 1. The first-order valence-corrected chi connectivity index (χ1v) is 8.72. The molecule has 0 aliphatic carbocycles. The number of hydrogen-bond acceptors (Lipinski definition) is 5. The van der Waals surface area contributed by atoms with E-state index < -0.39 is 11.9 Å². The van der Waals surface area contributed by atoms with E-state index in [2.05, 4.69) is 4.98 Å². The van der Waals surface area contributed by atoms with Crippen LogP contribution in [-0.4, -0.2) is 33.7 Å². The van der Waals surface area contributed by atoms with Crippen LogP contribution in [0.5, 0.6) is 11.5 Å². The third-order valence-corrected chi connectivity index (χ3v) is 3.97. The van der Waals surface area contributed by atoms with E-state index in [-0.39, 0.29) is 25.2 Å². The fourth-order valence-electron chi connectivity index (χ4n) is 2.62. The smallest absolute Gasteiger partial charge is 0.335 e. The summed E-state index contributed by atoms with van der Waals surface area (Å²) in [7, 11) is 0. The molecule has 0 saturated heterocycles. The number of carbonyl (C=O) groups is 2. The molecule has 1 heterocycles. The molecule has 7 nitrogen and oxygen atoms in total. The predicted octanol–water partition coefficient (Wildman–Crippen LogP) is 3.76. The molecule has 0 saturated carbocycles. The second kappa shape index (κ2) is 8.85. The lowest BCUT2D eigenvalue weighted by atomic mass is 10.2. The minimum Gasteiger partial charge on any atom is -0.493 e. The summed E-state index contributed by atoms with van der Waals surface area (Å²) < 4.78 is 11.2. The third-order valence-electron chi connectivity index (χ3n) is 3.97. The van der Waals surface area contributed by atoms with E-state index in [1.54, 1.807) is 6.07 Å². The zero-order valence-corrected chi connectivity index (χ0v) is 15.0.